The van der Waals surface area contributed by atoms with E-state index in [2.05, 4.69) is 20.9 Å². The number of carbonyl (C=O) groups excluding carboxylic acids is 1. The molecule has 4 nitrogen and oxygen atoms in total. The fraction of sp³-hybridized carbons (Fsp3) is 0.400. The van der Waals surface area contributed by atoms with E-state index in [4.69, 9.17) is 10.5 Å². The topological polar surface area (TPSA) is 65.2 Å². The van der Waals surface area contributed by atoms with Crippen molar-refractivity contribution >= 4 is 34.3 Å². The van der Waals surface area contributed by atoms with Gasteiger partial charge in [0, 0.05) is 12.2 Å². The van der Waals surface area contributed by atoms with Gasteiger partial charge in [0.15, 0.2) is 0 Å². The van der Waals surface area contributed by atoms with Crippen LogP contribution in [0.25, 0.3) is 0 Å². The number of ether oxygens (including phenoxy) is 1. The molecule has 1 aromatic rings. The highest BCUT2D eigenvalue weighted by molar-refractivity contribution is 9.10. The van der Waals surface area contributed by atoms with Gasteiger partial charge in [0.05, 0.1) is 13.0 Å². The van der Waals surface area contributed by atoms with Crippen LogP contribution in [0.15, 0.2) is 22.9 Å². The Balaban J connectivity index is 0.00000225. The highest BCUT2D eigenvalue weighted by Gasteiger charge is 2.12. The molecule has 0 fully saturated rings. The van der Waals surface area contributed by atoms with Gasteiger partial charge in [0.1, 0.15) is 4.60 Å². The number of halogens is 2. The van der Waals surface area contributed by atoms with Crippen molar-refractivity contribution in [1.29, 1.82) is 0 Å². The summed E-state index contributed by atoms with van der Waals surface area (Å²) in [6.45, 7) is 2.15. The zero-order chi connectivity index (χ0) is 11.3. The van der Waals surface area contributed by atoms with Crippen LogP contribution in [0.2, 0.25) is 0 Å². The first kappa shape index (κ1) is 15.3. The average Bonchev–Trinajstić information content (AvgIpc) is 2.18. The second-order valence-corrected chi connectivity index (χ2v) is 3.84. The van der Waals surface area contributed by atoms with Crippen molar-refractivity contribution in [2.75, 3.05) is 6.61 Å². The van der Waals surface area contributed by atoms with Gasteiger partial charge in [-0.3, -0.25) is 4.79 Å². The summed E-state index contributed by atoms with van der Waals surface area (Å²) in [5.41, 5.74) is 6.65. The number of rotatable bonds is 4. The lowest BCUT2D eigenvalue weighted by Gasteiger charge is -2.10. The highest BCUT2D eigenvalue weighted by Crippen LogP contribution is 2.15. The van der Waals surface area contributed by atoms with Crippen LogP contribution >= 0.6 is 28.3 Å². The molecular weight excluding hydrogens is 295 g/mol. The second kappa shape index (κ2) is 7.60. The lowest BCUT2D eigenvalue weighted by Crippen LogP contribution is -2.17. The number of hydrogen-bond acceptors (Lipinski definition) is 4. The van der Waals surface area contributed by atoms with E-state index in [1.165, 1.54) is 0 Å². The van der Waals surface area contributed by atoms with Gasteiger partial charge < -0.3 is 10.5 Å². The quantitative estimate of drug-likeness (QED) is 0.684. The van der Waals surface area contributed by atoms with Crippen molar-refractivity contribution in [3.8, 4) is 0 Å². The highest BCUT2D eigenvalue weighted by atomic mass is 79.9. The molecule has 0 spiro atoms. The molecule has 0 aliphatic rings. The fourth-order valence-corrected chi connectivity index (χ4v) is 1.36. The van der Waals surface area contributed by atoms with Crippen LogP contribution in [0.4, 0.5) is 0 Å². The fourth-order valence-electron chi connectivity index (χ4n) is 1.12. The molecule has 0 radical (unpaired) electrons. The van der Waals surface area contributed by atoms with Crippen molar-refractivity contribution in [2.45, 2.75) is 19.4 Å². The predicted molar refractivity (Wildman–Crippen MR) is 67.4 cm³/mol. The van der Waals surface area contributed by atoms with Crippen molar-refractivity contribution < 1.29 is 9.53 Å². The molecule has 2 N–H and O–H groups in total. The van der Waals surface area contributed by atoms with Crippen LogP contribution in [-0.4, -0.2) is 17.6 Å². The number of nitrogens with two attached hydrogens (primary N) is 1. The van der Waals surface area contributed by atoms with Crippen LogP contribution in [-0.2, 0) is 9.53 Å². The molecule has 0 unspecified atom stereocenters. The molecule has 1 heterocycles. The van der Waals surface area contributed by atoms with Gasteiger partial charge in [0.25, 0.3) is 0 Å². The minimum absolute atomic E-state index is 0. The summed E-state index contributed by atoms with van der Waals surface area (Å²) >= 11 is 3.23. The second-order valence-electron chi connectivity index (χ2n) is 3.03. The summed E-state index contributed by atoms with van der Waals surface area (Å²) in [6, 6.07) is 3.27. The van der Waals surface area contributed by atoms with Crippen LogP contribution in [0.3, 0.4) is 0 Å². The van der Waals surface area contributed by atoms with Crippen molar-refractivity contribution in [3.05, 3.63) is 28.5 Å². The SMILES string of the molecule is CCOC(=O)C[C@H](N)c1ccc(Br)nc1.Cl. The van der Waals surface area contributed by atoms with E-state index in [0.29, 0.717) is 6.61 Å². The van der Waals surface area contributed by atoms with Gasteiger partial charge in [-0.2, -0.15) is 0 Å². The van der Waals surface area contributed by atoms with Crippen molar-refractivity contribution in [2.24, 2.45) is 5.73 Å². The number of aromatic nitrogens is 1. The van der Waals surface area contributed by atoms with Gasteiger partial charge in [-0.05, 0) is 34.5 Å². The summed E-state index contributed by atoms with van der Waals surface area (Å²) in [6.07, 6.45) is 1.82. The van der Waals surface area contributed by atoms with E-state index in [9.17, 15) is 4.79 Å². The van der Waals surface area contributed by atoms with E-state index < -0.39 is 0 Å². The number of nitrogens with zero attached hydrogens (tertiary/aromatic N) is 1. The van der Waals surface area contributed by atoms with Crippen LogP contribution in [0, 0.1) is 0 Å². The number of pyridine rings is 1. The van der Waals surface area contributed by atoms with Crippen LogP contribution < -0.4 is 5.73 Å². The monoisotopic (exact) mass is 308 g/mol. The maximum atomic E-state index is 11.2. The Labute approximate surface area is 109 Å². The normalized spacial score (nSPS) is 11.4. The smallest absolute Gasteiger partial charge is 0.307 e. The Morgan fingerprint density at radius 1 is 1.62 bits per heavy atom. The summed E-state index contributed by atoms with van der Waals surface area (Å²) in [5.74, 6) is -0.284. The molecule has 0 aromatic carbocycles. The van der Waals surface area contributed by atoms with Crippen molar-refractivity contribution in [3.63, 3.8) is 0 Å². The van der Waals surface area contributed by atoms with E-state index in [1.54, 1.807) is 19.2 Å². The third-order valence-corrected chi connectivity index (χ3v) is 2.34. The van der Waals surface area contributed by atoms with Gasteiger partial charge in [0.2, 0.25) is 0 Å². The molecule has 0 aliphatic carbocycles. The Hall–Kier alpha value is -0.650. The molecule has 0 saturated carbocycles. The first-order valence-corrected chi connectivity index (χ1v) is 5.45. The van der Waals surface area contributed by atoms with Gasteiger partial charge in [-0.25, -0.2) is 4.98 Å². The molecule has 0 saturated heterocycles. The molecule has 6 heteroatoms. The first-order valence-electron chi connectivity index (χ1n) is 4.66. The predicted octanol–water partition coefficient (Wildman–Crippen LogP) is 2.22. The van der Waals surface area contributed by atoms with E-state index in [-0.39, 0.29) is 30.8 Å². The molecule has 1 rings (SSSR count). The summed E-state index contributed by atoms with van der Waals surface area (Å²) in [7, 11) is 0. The van der Waals surface area contributed by atoms with E-state index in [1.807, 2.05) is 6.07 Å². The molecule has 0 amide bonds. The average molecular weight is 310 g/mol. The zero-order valence-corrected chi connectivity index (χ0v) is 11.3. The number of carbonyl (C=O) groups is 1. The van der Waals surface area contributed by atoms with Gasteiger partial charge >= 0.3 is 5.97 Å². The zero-order valence-electron chi connectivity index (χ0n) is 8.85. The summed E-state index contributed by atoms with van der Waals surface area (Å²) in [4.78, 5) is 15.2. The molecule has 16 heavy (non-hydrogen) atoms. The first-order chi connectivity index (χ1) is 7.13. The molecule has 90 valence electrons. The lowest BCUT2D eigenvalue weighted by atomic mass is 10.1. The number of hydrogen-bond donors (Lipinski definition) is 1. The van der Waals surface area contributed by atoms with Gasteiger partial charge in [-0.15, -0.1) is 12.4 Å². The minimum Gasteiger partial charge on any atom is -0.466 e. The Morgan fingerprint density at radius 3 is 2.81 bits per heavy atom. The Morgan fingerprint density at radius 2 is 2.31 bits per heavy atom. The molecule has 0 bridgehead atoms. The molecule has 0 aliphatic heterocycles. The molecular formula is C10H14BrClN2O2. The van der Waals surface area contributed by atoms with Crippen LogP contribution in [0.1, 0.15) is 24.9 Å². The molecule has 1 atom stereocenters. The molecule has 1 aromatic heterocycles. The standard InChI is InChI=1S/C10H13BrN2O2.ClH/c1-2-15-10(14)5-8(12)7-3-4-9(11)13-6-7;/h3-4,6,8H,2,5,12H2,1H3;1H/t8-;/m0./s1. The Bertz CT molecular complexity index is 332. The van der Waals surface area contributed by atoms with Crippen LogP contribution in [0.5, 0.6) is 0 Å². The minimum atomic E-state index is -0.357. The maximum Gasteiger partial charge on any atom is 0.307 e. The Kier molecular flexibility index (Phi) is 7.29. The maximum absolute atomic E-state index is 11.2. The largest absolute Gasteiger partial charge is 0.466 e. The number of esters is 1. The lowest BCUT2D eigenvalue weighted by molar-refractivity contribution is -0.143. The summed E-state index contributed by atoms with van der Waals surface area (Å²) < 4.78 is 5.55. The van der Waals surface area contributed by atoms with E-state index in [0.717, 1.165) is 10.2 Å². The van der Waals surface area contributed by atoms with E-state index >= 15 is 0 Å². The van der Waals surface area contributed by atoms with Gasteiger partial charge in [-0.1, -0.05) is 6.07 Å². The van der Waals surface area contributed by atoms with Crippen molar-refractivity contribution in [1.82, 2.24) is 4.98 Å². The summed E-state index contributed by atoms with van der Waals surface area (Å²) in [5, 5.41) is 0. The third-order valence-electron chi connectivity index (χ3n) is 1.87. The third kappa shape index (κ3) is 4.92.